The molecule has 0 bridgehead atoms. The van der Waals surface area contributed by atoms with Crippen molar-refractivity contribution in [3.63, 3.8) is 0 Å². The summed E-state index contributed by atoms with van der Waals surface area (Å²) in [5.41, 5.74) is 3.35. The second-order valence-corrected chi connectivity index (χ2v) is 18.7. The fraction of sp³-hybridized carbons (Fsp3) is 0.174. The van der Waals surface area contributed by atoms with E-state index in [0.29, 0.717) is 0 Å². The quantitative estimate of drug-likeness (QED) is 0.322. The van der Waals surface area contributed by atoms with E-state index in [1.165, 1.54) is 31.5 Å². The molecule has 0 amide bonds. The Morgan fingerprint density at radius 2 is 1.69 bits per heavy atom. The van der Waals surface area contributed by atoms with Gasteiger partial charge in [0.15, 0.2) is 0 Å². The van der Waals surface area contributed by atoms with Gasteiger partial charge in [-0.05, 0) is 0 Å². The van der Waals surface area contributed by atoms with Crippen molar-refractivity contribution in [2.45, 2.75) is 24.2 Å². The molecule has 3 aromatic carbocycles. The SMILES string of the molecule is Cc1c2c(cc3ccccc13)-c1nc[c]([Ge]([CH3])([CH3])[CH3])c3cccc(c13)O2. The van der Waals surface area contributed by atoms with Crippen LogP contribution in [0.5, 0.6) is 11.5 Å². The van der Waals surface area contributed by atoms with Crippen LogP contribution in [0.4, 0.5) is 0 Å². The van der Waals surface area contributed by atoms with E-state index in [1.807, 2.05) is 0 Å². The number of aromatic nitrogens is 1. The minimum atomic E-state index is -2.03. The van der Waals surface area contributed by atoms with E-state index in [1.54, 1.807) is 0 Å². The van der Waals surface area contributed by atoms with Crippen molar-refractivity contribution in [3.05, 3.63) is 60.3 Å². The summed E-state index contributed by atoms with van der Waals surface area (Å²) in [5.74, 6) is 9.13. The summed E-state index contributed by atoms with van der Waals surface area (Å²) in [5, 5.41) is 4.96. The molecule has 2 heterocycles. The van der Waals surface area contributed by atoms with Gasteiger partial charge in [0.05, 0.1) is 0 Å². The number of nitrogens with zero attached hydrogens (tertiary/aromatic N) is 1. The number of benzene rings is 3. The Morgan fingerprint density at radius 3 is 2.50 bits per heavy atom. The molecular weight excluding hydrogens is 379 g/mol. The molecule has 4 aromatic rings. The first kappa shape index (κ1) is 15.9. The molecule has 0 saturated heterocycles. The number of aryl methyl sites for hydroxylation is 1. The fourth-order valence-electron chi connectivity index (χ4n) is 4.08. The molecule has 1 aliphatic rings. The monoisotopic (exact) mass is 401 g/mol. The van der Waals surface area contributed by atoms with Gasteiger partial charge < -0.3 is 0 Å². The Kier molecular flexibility index (Phi) is 3.26. The Balaban J connectivity index is 1.92. The first-order chi connectivity index (χ1) is 12.4. The molecule has 1 aromatic heterocycles. The van der Waals surface area contributed by atoms with Gasteiger partial charge in [0, 0.05) is 0 Å². The Labute approximate surface area is 156 Å². The van der Waals surface area contributed by atoms with E-state index >= 15 is 0 Å². The van der Waals surface area contributed by atoms with Crippen LogP contribution in [0, 0.1) is 6.92 Å². The first-order valence-corrected chi connectivity index (χ1v) is 16.4. The Bertz CT molecular complexity index is 1200. The van der Waals surface area contributed by atoms with E-state index in [2.05, 4.69) is 78.9 Å². The number of pyridine rings is 1. The van der Waals surface area contributed by atoms with Crippen molar-refractivity contribution in [1.29, 1.82) is 0 Å². The second-order valence-electron chi connectivity index (χ2n) is 8.15. The van der Waals surface area contributed by atoms with Gasteiger partial charge in [-0.25, -0.2) is 0 Å². The number of rotatable bonds is 1. The molecule has 0 fully saturated rings. The summed E-state index contributed by atoms with van der Waals surface area (Å²) in [6.45, 7) is 2.14. The van der Waals surface area contributed by atoms with E-state index in [9.17, 15) is 0 Å². The zero-order valence-corrected chi connectivity index (χ0v) is 17.6. The predicted molar refractivity (Wildman–Crippen MR) is 112 cm³/mol. The van der Waals surface area contributed by atoms with Crippen LogP contribution in [0.1, 0.15) is 5.56 Å². The number of hydrogen-bond acceptors (Lipinski definition) is 2. The summed E-state index contributed by atoms with van der Waals surface area (Å²) in [4.78, 5) is 4.96. The molecule has 1 aliphatic heterocycles. The first-order valence-electron chi connectivity index (χ1n) is 9.08. The third kappa shape index (κ3) is 2.15. The average Bonchev–Trinajstić information content (AvgIpc) is 2.62. The topological polar surface area (TPSA) is 22.1 Å². The van der Waals surface area contributed by atoms with Crippen LogP contribution in [0.3, 0.4) is 0 Å². The molecule has 128 valence electrons. The van der Waals surface area contributed by atoms with Crippen LogP contribution in [-0.4, -0.2) is 18.3 Å². The normalized spacial score (nSPS) is 12.9. The van der Waals surface area contributed by atoms with Crippen LogP contribution in [-0.2, 0) is 0 Å². The van der Waals surface area contributed by atoms with E-state index in [4.69, 9.17) is 9.72 Å². The third-order valence-electron chi connectivity index (χ3n) is 5.40. The van der Waals surface area contributed by atoms with Gasteiger partial charge >= 0.3 is 156 Å². The van der Waals surface area contributed by atoms with Crippen LogP contribution in [0.2, 0.25) is 17.3 Å². The summed E-state index contributed by atoms with van der Waals surface area (Å²) in [7, 11) is 0. The van der Waals surface area contributed by atoms with Gasteiger partial charge in [-0.15, -0.1) is 0 Å². The minimum absolute atomic E-state index is 0.935. The van der Waals surface area contributed by atoms with Gasteiger partial charge in [-0.2, -0.15) is 0 Å². The summed E-state index contributed by atoms with van der Waals surface area (Å²) >= 11 is -2.03. The number of ether oxygens (including phenoxy) is 1. The van der Waals surface area contributed by atoms with Crippen molar-refractivity contribution < 1.29 is 4.74 Å². The van der Waals surface area contributed by atoms with Crippen LogP contribution >= 0.6 is 0 Å². The summed E-state index contributed by atoms with van der Waals surface area (Å²) < 4.78 is 7.88. The Morgan fingerprint density at radius 1 is 0.923 bits per heavy atom. The number of fused-ring (bicyclic) bond motifs is 3. The molecule has 0 atom stereocenters. The maximum atomic E-state index is 6.44. The number of hydrogen-bond donors (Lipinski definition) is 0. The molecule has 0 aliphatic carbocycles. The standard InChI is InChI=1S/C23H21GeNO/c1-14-16-9-6-5-8-15(16)12-18-22-21-17(19(13-25-22)24(2,3)4)10-7-11-20(21)26-23(14)18/h5-13H,1-4H3. The summed E-state index contributed by atoms with van der Waals surface area (Å²) in [6, 6.07) is 17.1. The van der Waals surface area contributed by atoms with Crippen molar-refractivity contribution in [2.75, 3.05) is 0 Å². The molecule has 0 unspecified atom stereocenters. The predicted octanol–water partition coefficient (Wildman–Crippen LogP) is 6.01. The van der Waals surface area contributed by atoms with Crippen molar-refractivity contribution in [1.82, 2.24) is 4.98 Å². The molecule has 0 N–H and O–H groups in total. The van der Waals surface area contributed by atoms with E-state index < -0.39 is 13.3 Å². The molecule has 0 saturated carbocycles. The molecule has 3 heteroatoms. The molecule has 26 heavy (non-hydrogen) atoms. The van der Waals surface area contributed by atoms with Gasteiger partial charge in [0.2, 0.25) is 0 Å². The molecular formula is C23H21GeNO. The van der Waals surface area contributed by atoms with E-state index in [0.717, 1.165) is 22.8 Å². The Hall–Kier alpha value is -2.33. The molecule has 0 spiro atoms. The fourth-order valence-corrected chi connectivity index (χ4v) is 7.16. The van der Waals surface area contributed by atoms with Crippen LogP contribution in [0.25, 0.3) is 32.8 Å². The van der Waals surface area contributed by atoms with Crippen molar-refractivity contribution in [2.24, 2.45) is 0 Å². The molecule has 0 radical (unpaired) electrons. The van der Waals surface area contributed by atoms with Crippen molar-refractivity contribution >= 4 is 39.2 Å². The van der Waals surface area contributed by atoms with E-state index in [-0.39, 0.29) is 0 Å². The van der Waals surface area contributed by atoms with Gasteiger partial charge in [0.25, 0.3) is 0 Å². The zero-order chi connectivity index (χ0) is 18.1. The second kappa shape index (κ2) is 5.34. The van der Waals surface area contributed by atoms with Gasteiger partial charge in [0.1, 0.15) is 0 Å². The zero-order valence-electron chi connectivity index (χ0n) is 15.6. The molecule has 5 rings (SSSR count). The van der Waals surface area contributed by atoms with Crippen LogP contribution in [0.15, 0.2) is 54.7 Å². The maximum absolute atomic E-state index is 6.44. The van der Waals surface area contributed by atoms with Gasteiger partial charge in [-0.3, -0.25) is 0 Å². The average molecular weight is 400 g/mol. The third-order valence-corrected chi connectivity index (χ3v) is 9.63. The van der Waals surface area contributed by atoms with Gasteiger partial charge in [-0.1, -0.05) is 0 Å². The molecule has 2 nitrogen and oxygen atoms in total. The van der Waals surface area contributed by atoms with Crippen molar-refractivity contribution in [3.8, 4) is 22.8 Å². The van der Waals surface area contributed by atoms with Crippen LogP contribution < -0.4 is 9.13 Å². The summed E-state index contributed by atoms with van der Waals surface area (Å²) in [6.07, 6.45) is 2.13.